The molecule has 1 aliphatic heterocycles. The summed E-state index contributed by atoms with van der Waals surface area (Å²) in [5.74, 6) is -1.71. The normalized spacial score (nSPS) is 19.4. The lowest BCUT2D eigenvalue weighted by atomic mass is 9.86. The standard InChI is InChI=1S/C19H16F3NO2/c1-12(13-6-3-2-4-7-13)16-11-17(24)23(18(16)25)15-9-5-8-14(10-15)19(20,21)22/h2-10,12,16H,11H2,1H3/t12-,16-/m1/s1. The zero-order valence-electron chi connectivity index (χ0n) is 13.5. The zero-order chi connectivity index (χ0) is 18.2. The van der Waals surface area contributed by atoms with Gasteiger partial charge in [0.15, 0.2) is 0 Å². The predicted octanol–water partition coefficient (Wildman–Crippen LogP) is 4.39. The van der Waals surface area contributed by atoms with Gasteiger partial charge in [0.25, 0.3) is 0 Å². The van der Waals surface area contributed by atoms with Gasteiger partial charge in [0.1, 0.15) is 0 Å². The molecule has 0 spiro atoms. The lowest BCUT2D eigenvalue weighted by Crippen LogP contribution is -2.31. The Kier molecular flexibility index (Phi) is 4.37. The van der Waals surface area contributed by atoms with Crippen LogP contribution in [0.1, 0.15) is 30.4 Å². The number of alkyl halides is 3. The van der Waals surface area contributed by atoms with Crippen LogP contribution in [0.25, 0.3) is 0 Å². The molecule has 1 saturated heterocycles. The van der Waals surface area contributed by atoms with Crippen LogP contribution in [0.3, 0.4) is 0 Å². The Morgan fingerprint density at radius 3 is 2.36 bits per heavy atom. The Hall–Kier alpha value is -2.63. The van der Waals surface area contributed by atoms with E-state index in [9.17, 15) is 22.8 Å². The third-order valence-electron chi connectivity index (χ3n) is 4.54. The van der Waals surface area contributed by atoms with E-state index >= 15 is 0 Å². The molecule has 0 bridgehead atoms. The first kappa shape index (κ1) is 17.2. The molecule has 2 aromatic rings. The lowest BCUT2D eigenvalue weighted by molar-refractivity contribution is -0.137. The van der Waals surface area contributed by atoms with Gasteiger partial charge in [-0.3, -0.25) is 14.5 Å². The number of hydrogen-bond acceptors (Lipinski definition) is 2. The van der Waals surface area contributed by atoms with Crippen LogP contribution in [0.2, 0.25) is 0 Å². The van der Waals surface area contributed by atoms with Gasteiger partial charge in [-0.25, -0.2) is 0 Å². The summed E-state index contributed by atoms with van der Waals surface area (Å²) in [7, 11) is 0. The predicted molar refractivity (Wildman–Crippen MR) is 86.9 cm³/mol. The molecule has 1 heterocycles. The Labute approximate surface area is 143 Å². The van der Waals surface area contributed by atoms with Gasteiger partial charge in [0, 0.05) is 6.42 Å². The van der Waals surface area contributed by atoms with E-state index in [4.69, 9.17) is 0 Å². The van der Waals surface area contributed by atoms with E-state index in [2.05, 4.69) is 0 Å². The van der Waals surface area contributed by atoms with E-state index in [-0.39, 0.29) is 18.0 Å². The second-order valence-corrected chi connectivity index (χ2v) is 6.13. The first-order chi connectivity index (χ1) is 11.8. The smallest absolute Gasteiger partial charge is 0.274 e. The average Bonchev–Trinajstić information content (AvgIpc) is 2.89. The van der Waals surface area contributed by atoms with Gasteiger partial charge in [-0.2, -0.15) is 13.2 Å². The van der Waals surface area contributed by atoms with Crippen LogP contribution in [0.5, 0.6) is 0 Å². The summed E-state index contributed by atoms with van der Waals surface area (Å²) in [6.45, 7) is 1.85. The van der Waals surface area contributed by atoms with Crippen molar-refractivity contribution in [3.8, 4) is 0 Å². The number of amides is 2. The molecule has 3 nitrogen and oxygen atoms in total. The minimum Gasteiger partial charge on any atom is -0.274 e. The Bertz CT molecular complexity index is 802. The molecule has 0 radical (unpaired) electrons. The quantitative estimate of drug-likeness (QED) is 0.773. The molecule has 0 unspecified atom stereocenters. The van der Waals surface area contributed by atoms with Crippen LogP contribution in [0.15, 0.2) is 54.6 Å². The molecule has 3 rings (SSSR count). The maximum Gasteiger partial charge on any atom is 0.416 e. The third-order valence-corrected chi connectivity index (χ3v) is 4.54. The molecule has 0 aromatic heterocycles. The minimum atomic E-state index is -4.53. The van der Waals surface area contributed by atoms with Gasteiger partial charge in [-0.15, -0.1) is 0 Å². The molecule has 6 heteroatoms. The Balaban J connectivity index is 1.90. The van der Waals surface area contributed by atoms with Crippen molar-refractivity contribution in [2.75, 3.05) is 4.90 Å². The van der Waals surface area contributed by atoms with E-state index < -0.39 is 29.5 Å². The number of imide groups is 1. The van der Waals surface area contributed by atoms with Crippen LogP contribution >= 0.6 is 0 Å². The second-order valence-electron chi connectivity index (χ2n) is 6.13. The summed E-state index contributed by atoms with van der Waals surface area (Å²) in [5, 5.41) is 0. The van der Waals surface area contributed by atoms with Gasteiger partial charge in [0.2, 0.25) is 11.8 Å². The average molecular weight is 347 g/mol. The van der Waals surface area contributed by atoms with E-state index in [0.717, 1.165) is 22.6 Å². The van der Waals surface area contributed by atoms with Crippen molar-refractivity contribution in [1.82, 2.24) is 0 Å². The van der Waals surface area contributed by atoms with Crippen LogP contribution in [0.4, 0.5) is 18.9 Å². The van der Waals surface area contributed by atoms with Gasteiger partial charge in [-0.1, -0.05) is 43.3 Å². The number of rotatable bonds is 3. The molecule has 1 fully saturated rings. The molecule has 0 saturated carbocycles. The number of halogens is 3. The molecule has 130 valence electrons. The van der Waals surface area contributed by atoms with Crippen LogP contribution in [-0.4, -0.2) is 11.8 Å². The van der Waals surface area contributed by atoms with E-state index in [1.54, 1.807) is 0 Å². The lowest BCUT2D eigenvalue weighted by Gasteiger charge is -2.20. The number of carbonyl (C=O) groups is 2. The highest BCUT2D eigenvalue weighted by Crippen LogP contribution is 2.37. The van der Waals surface area contributed by atoms with Gasteiger partial charge in [-0.05, 0) is 29.7 Å². The number of hydrogen-bond donors (Lipinski definition) is 0. The molecule has 2 atom stereocenters. The highest BCUT2D eigenvalue weighted by Gasteiger charge is 2.43. The first-order valence-corrected chi connectivity index (χ1v) is 7.88. The van der Waals surface area contributed by atoms with E-state index in [0.29, 0.717) is 0 Å². The van der Waals surface area contributed by atoms with Crippen molar-refractivity contribution >= 4 is 17.5 Å². The number of anilines is 1. The fourth-order valence-electron chi connectivity index (χ4n) is 3.13. The summed E-state index contributed by atoms with van der Waals surface area (Å²) in [6, 6.07) is 13.6. The third kappa shape index (κ3) is 3.29. The summed E-state index contributed by atoms with van der Waals surface area (Å²) in [4.78, 5) is 25.9. The Morgan fingerprint density at radius 1 is 1.04 bits per heavy atom. The maximum atomic E-state index is 12.9. The van der Waals surface area contributed by atoms with Crippen LogP contribution in [0, 0.1) is 5.92 Å². The summed E-state index contributed by atoms with van der Waals surface area (Å²) in [5.41, 5.74) is -0.00251. The van der Waals surface area contributed by atoms with Crippen LogP contribution in [-0.2, 0) is 15.8 Å². The molecule has 0 N–H and O–H groups in total. The summed E-state index contributed by atoms with van der Waals surface area (Å²) in [6.07, 6.45) is -4.54. The maximum absolute atomic E-state index is 12.9. The van der Waals surface area contributed by atoms with Crippen molar-refractivity contribution in [3.63, 3.8) is 0 Å². The van der Waals surface area contributed by atoms with Gasteiger partial charge < -0.3 is 0 Å². The van der Waals surface area contributed by atoms with Gasteiger partial charge >= 0.3 is 6.18 Å². The molecule has 0 aliphatic carbocycles. The van der Waals surface area contributed by atoms with Crippen molar-refractivity contribution in [3.05, 3.63) is 65.7 Å². The van der Waals surface area contributed by atoms with E-state index in [1.807, 2.05) is 37.3 Å². The number of benzene rings is 2. The molecular formula is C19H16F3NO2. The van der Waals surface area contributed by atoms with Crippen molar-refractivity contribution in [2.24, 2.45) is 5.92 Å². The Morgan fingerprint density at radius 2 is 1.72 bits per heavy atom. The minimum absolute atomic E-state index is 0.00879. The zero-order valence-corrected chi connectivity index (χ0v) is 13.5. The highest BCUT2D eigenvalue weighted by molar-refractivity contribution is 6.21. The topological polar surface area (TPSA) is 37.4 Å². The molecule has 2 aromatic carbocycles. The number of carbonyl (C=O) groups excluding carboxylic acids is 2. The fraction of sp³-hybridized carbons (Fsp3) is 0.263. The van der Waals surface area contributed by atoms with Crippen molar-refractivity contribution in [1.29, 1.82) is 0 Å². The highest BCUT2D eigenvalue weighted by atomic mass is 19.4. The SMILES string of the molecule is C[C@H](c1ccccc1)[C@H]1CC(=O)N(c2cccc(C(F)(F)F)c2)C1=O. The van der Waals surface area contributed by atoms with Crippen molar-refractivity contribution < 1.29 is 22.8 Å². The largest absolute Gasteiger partial charge is 0.416 e. The molecule has 2 amide bonds. The monoisotopic (exact) mass is 347 g/mol. The molecule has 25 heavy (non-hydrogen) atoms. The molecular weight excluding hydrogens is 331 g/mol. The van der Waals surface area contributed by atoms with Gasteiger partial charge in [0.05, 0.1) is 17.2 Å². The van der Waals surface area contributed by atoms with Crippen molar-refractivity contribution in [2.45, 2.75) is 25.4 Å². The molecule has 1 aliphatic rings. The second kappa shape index (κ2) is 6.35. The van der Waals surface area contributed by atoms with Crippen LogP contribution < -0.4 is 4.90 Å². The first-order valence-electron chi connectivity index (χ1n) is 7.88. The fourth-order valence-corrected chi connectivity index (χ4v) is 3.13. The summed E-state index contributed by atoms with van der Waals surface area (Å²) < 4.78 is 38.7. The van der Waals surface area contributed by atoms with E-state index in [1.165, 1.54) is 12.1 Å². The number of nitrogens with zero attached hydrogens (tertiary/aromatic N) is 1. The summed E-state index contributed by atoms with van der Waals surface area (Å²) >= 11 is 0.